The molecule has 1 aromatic heterocycles. The fourth-order valence-electron chi connectivity index (χ4n) is 3.71. The second-order valence-corrected chi connectivity index (χ2v) is 10.8. The van der Waals surface area contributed by atoms with Crippen molar-refractivity contribution >= 4 is 49.1 Å². The van der Waals surface area contributed by atoms with Crippen molar-refractivity contribution in [2.45, 2.75) is 24.3 Å². The second-order valence-electron chi connectivity index (χ2n) is 7.37. The molecule has 2 heterocycles. The molecule has 1 aliphatic heterocycles. The number of benzene rings is 2. The molecular formula is C22H19ClFN3O3S2. The number of fused-ring (bicyclic) bond motifs is 1. The number of piperidine rings is 1. The van der Waals surface area contributed by atoms with Crippen molar-refractivity contribution in [1.29, 1.82) is 0 Å². The first-order valence-electron chi connectivity index (χ1n) is 9.87. The predicted molar refractivity (Wildman–Crippen MR) is 122 cm³/mol. The zero-order valence-corrected chi connectivity index (χ0v) is 19.3. The van der Waals surface area contributed by atoms with Gasteiger partial charge in [-0.15, -0.1) is 6.42 Å². The van der Waals surface area contributed by atoms with Crippen LogP contribution in [0.5, 0.6) is 0 Å². The Labute approximate surface area is 194 Å². The summed E-state index contributed by atoms with van der Waals surface area (Å²) >= 11 is 7.03. The van der Waals surface area contributed by atoms with Crippen LogP contribution in [-0.4, -0.2) is 36.3 Å². The molecule has 0 saturated carbocycles. The molecule has 10 heteroatoms. The highest BCUT2D eigenvalue weighted by Gasteiger charge is 2.33. The Kier molecular flexibility index (Phi) is 6.49. The highest BCUT2D eigenvalue weighted by atomic mass is 35.5. The van der Waals surface area contributed by atoms with Gasteiger partial charge in [0.05, 0.1) is 27.6 Å². The lowest BCUT2D eigenvalue weighted by atomic mass is 9.99. The molecule has 4 rings (SSSR count). The van der Waals surface area contributed by atoms with Gasteiger partial charge in [0.1, 0.15) is 5.82 Å². The number of terminal acetylenes is 1. The maximum absolute atomic E-state index is 14.4. The molecule has 0 aliphatic carbocycles. The van der Waals surface area contributed by atoms with Gasteiger partial charge >= 0.3 is 0 Å². The number of sulfonamides is 1. The van der Waals surface area contributed by atoms with Crippen molar-refractivity contribution in [2.75, 3.05) is 13.1 Å². The van der Waals surface area contributed by atoms with Gasteiger partial charge in [-0.05, 0) is 49.2 Å². The van der Waals surface area contributed by atoms with E-state index in [2.05, 4.69) is 10.9 Å². The largest absolute Gasteiger partial charge is 0.302 e. The average Bonchev–Trinajstić information content (AvgIpc) is 3.12. The second kappa shape index (κ2) is 9.16. The van der Waals surface area contributed by atoms with Crippen LogP contribution in [0, 0.1) is 24.1 Å². The number of nitrogens with zero attached hydrogens (tertiary/aromatic N) is 3. The van der Waals surface area contributed by atoms with Gasteiger partial charge in [0, 0.05) is 18.1 Å². The molecule has 0 spiro atoms. The predicted octanol–water partition coefficient (Wildman–Crippen LogP) is 3.66. The summed E-state index contributed by atoms with van der Waals surface area (Å²) in [5.41, 5.74) is 0.303. The van der Waals surface area contributed by atoms with Crippen LogP contribution < -0.4 is 4.80 Å². The third-order valence-electron chi connectivity index (χ3n) is 5.29. The first-order valence-corrected chi connectivity index (χ1v) is 12.5. The number of hydrogen-bond acceptors (Lipinski definition) is 4. The molecule has 3 aromatic rings. The lowest BCUT2D eigenvalue weighted by Gasteiger charge is -2.30. The minimum absolute atomic E-state index is 0.0295. The number of aromatic nitrogens is 1. The number of carbonyl (C=O) groups is 1. The Hall–Kier alpha value is -2.51. The van der Waals surface area contributed by atoms with Crippen LogP contribution in [-0.2, 0) is 21.4 Å². The Morgan fingerprint density at radius 1 is 1.28 bits per heavy atom. The smallest absolute Gasteiger partial charge is 0.252 e. The van der Waals surface area contributed by atoms with Gasteiger partial charge < -0.3 is 4.57 Å². The summed E-state index contributed by atoms with van der Waals surface area (Å²) in [6, 6.07) is 10.6. The third-order valence-corrected chi connectivity index (χ3v) is 8.47. The highest BCUT2D eigenvalue weighted by Crippen LogP contribution is 2.26. The minimum Gasteiger partial charge on any atom is -0.302 e. The molecule has 0 radical (unpaired) electrons. The van der Waals surface area contributed by atoms with Crippen molar-refractivity contribution in [3.63, 3.8) is 0 Å². The van der Waals surface area contributed by atoms with Crippen molar-refractivity contribution in [3.8, 4) is 12.3 Å². The minimum atomic E-state index is -3.76. The van der Waals surface area contributed by atoms with E-state index in [0.29, 0.717) is 39.4 Å². The zero-order chi connectivity index (χ0) is 22.9. The molecule has 1 saturated heterocycles. The number of carbonyl (C=O) groups excluding carboxylic acids is 1. The van der Waals surface area contributed by atoms with Crippen LogP contribution in [0.1, 0.15) is 12.8 Å². The Morgan fingerprint density at radius 3 is 2.75 bits per heavy atom. The van der Waals surface area contributed by atoms with E-state index in [0.717, 1.165) is 0 Å². The lowest BCUT2D eigenvalue weighted by Crippen LogP contribution is -2.42. The van der Waals surface area contributed by atoms with Crippen LogP contribution in [0.2, 0.25) is 5.02 Å². The molecule has 166 valence electrons. The summed E-state index contributed by atoms with van der Waals surface area (Å²) < 4.78 is 43.8. The van der Waals surface area contributed by atoms with Gasteiger partial charge in [-0.2, -0.15) is 9.30 Å². The summed E-state index contributed by atoms with van der Waals surface area (Å²) in [7, 11) is -3.76. The van der Waals surface area contributed by atoms with E-state index in [4.69, 9.17) is 18.0 Å². The standard InChI is InChI=1S/C22H19ClFN3O3S2/c1-2-12-27-20-18(24)6-3-7-19(20)31-22(27)25-21(28)15-5-4-13-26(14-15)32(29,30)17-10-8-16(23)9-11-17/h1,3,6-11,15H,4-5,12-14H2. The van der Waals surface area contributed by atoms with Gasteiger partial charge in [-0.3, -0.25) is 4.79 Å². The summed E-state index contributed by atoms with van der Waals surface area (Å²) in [4.78, 5) is 17.6. The highest BCUT2D eigenvalue weighted by molar-refractivity contribution is 7.89. The van der Waals surface area contributed by atoms with Gasteiger partial charge in [-0.25, -0.2) is 12.8 Å². The molecule has 2 aromatic carbocycles. The van der Waals surface area contributed by atoms with Crippen LogP contribution in [0.25, 0.3) is 10.2 Å². The van der Waals surface area contributed by atoms with E-state index in [-0.39, 0.29) is 18.0 Å². The van der Waals surface area contributed by atoms with E-state index in [1.807, 2.05) is 0 Å². The molecule has 1 unspecified atom stereocenters. The maximum Gasteiger partial charge on any atom is 0.252 e. The number of halogens is 2. The Balaban J connectivity index is 1.64. The number of thiazole rings is 1. The maximum atomic E-state index is 14.4. The fraction of sp³-hybridized carbons (Fsp3) is 0.273. The normalized spacial score (nSPS) is 18.0. The van der Waals surface area contributed by atoms with E-state index in [9.17, 15) is 17.6 Å². The number of para-hydroxylation sites is 1. The number of amides is 1. The topological polar surface area (TPSA) is 71.7 Å². The van der Waals surface area contributed by atoms with E-state index in [1.54, 1.807) is 12.1 Å². The third kappa shape index (κ3) is 4.36. The van der Waals surface area contributed by atoms with Crippen LogP contribution in [0.4, 0.5) is 4.39 Å². The first-order chi connectivity index (χ1) is 15.3. The SMILES string of the molecule is C#CCn1c(=NC(=O)C2CCCN(S(=O)(=O)c3ccc(Cl)cc3)C2)sc2cccc(F)c21. The molecule has 0 bridgehead atoms. The molecular weight excluding hydrogens is 473 g/mol. The summed E-state index contributed by atoms with van der Waals surface area (Å²) in [5.74, 6) is 0.980. The van der Waals surface area contributed by atoms with Crippen molar-refractivity contribution in [3.05, 3.63) is 58.1 Å². The van der Waals surface area contributed by atoms with Crippen LogP contribution in [0.15, 0.2) is 52.4 Å². The molecule has 1 fully saturated rings. The average molecular weight is 492 g/mol. The number of hydrogen-bond donors (Lipinski definition) is 0. The van der Waals surface area contributed by atoms with Gasteiger partial charge in [0.15, 0.2) is 4.80 Å². The first kappa shape index (κ1) is 22.7. The lowest BCUT2D eigenvalue weighted by molar-refractivity contribution is -0.122. The molecule has 1 atom stereocenters. The van der Waals surface area contributed by atoms with Crippen molar-refractivity contribution in [1.82, 2.24) is 8.87 Å². The van der Waals surface area contributed by atoms with Gasteiger partial charge in [0.2, 0.25) is 10.0 Å². The number of rotatable bonds is 4. The molecule has 32 heavy (non-hydrogen) atoms. The van der Waals surface area contributed by atoms with Crippen LogP contribution in [0.3, 0.4) is 0 Å². The summed E-state index contributed by atoms with van der Waals surface area (Å²) in [5, 5.41) is 0.439. The molecule has 1 amide bonds. The Bertz CT molecular complexity index is 1390. The van der Waals surface area contributed by atoms with E-state index in [1.165, 1.54) is 50.5 Å². The quantitative estimate of drug-likeness (QED) is 0.523. The molecule has 1 aliphatic rings. The van der Waals surface area contributed by atoms with E-state index >= 15 is 0 Å². The van der Waals surface area contributed by atoms with Crippen LogP contribution >= 0.6 is 22.9 Å². The fourth-order valence-corrected chi connectivity index (χ4v) is 6.41. The van der Waals surface area contributed by atoms with Crippen molar-refractivity contribution < 1.29 is 17.6 Å². The molecule has 6 nitrogen and oxygen atoms in total. The van der Waals surface area contributed by atoms with Gasteiger partial charge in [-0.1, -0.05) is 34.9 Å². The van der Waals surface area contributed by atoms with Gasteiger partial charge in [0.25, 0.3) is 5.91 Å². The Morgan fingerprint density at radius 2 is 2.03 bits per heavy atom. The monoisotopic (exact) mass is 491 g/mol. The zero-order valence-electron chi connectivity index (χ0n) is 16.9. The summed E-state index contributed by atoms with van der Waals surface area (Å²) in [6.07, 6.45) is 6.49. The van der Waals surface area contributed by atoms with Crippen molar-refractivity contribution in [2.24, 2.45) is 10.9 Å². The summed E-state index contributed by atoms with van der Waals surface area (Å²) in [6.45, 7) is 0.413. The van der Waals surface area contributed by atoms with E-state index < -0.39 is 27.7 Å². The molecule has 0 N–H and O–H groups in total.